The van der Waals surface area contributed by atoms with Crippen LogP contribution >= 0.6 is 0 Å². The van der Waals surface area contributed by atoms with E-state index >= 15 is 0 Å². The zero-order valence-corrected chi connectivity index (χ0v) is 10.6. The van der Waals surface area contributed by atoms with E-state index < -0.39 is 0 Å². The van der Waals surface area contributed by atoms with Gasteiger partial charge in [0.15, 0.2) is 0 Å². The molecule has 0 saturated heterocycles. The topological polar surface area (TPSA) is 45.2 Å². The van der Waals surface area contributed by atoms with Gasteiger partial charge in [0.2, 0.25) is 5.91 Å². The minimum atomic E-state index is 0.0604. The highest BCUT2D eigenvalue weighted by molar-refractivity contribution is 6.08. The summed E-state index contributed by atoms with van der Waals surface area (Å²) in [5, 5.41) is 4.06. The molecule has 1 fully saturated rings. The third kappa shape index (κ3) is 1.84. The van der Waals surface area contributed by atoms with Crippen molar-refractivity contribution in [2.24, 2.45) is 5.92 Å². The Balaban J connectivity index is 1.89. The SMILES string of the molecule is O=C1CN(CC2CC2)c2c(cnc3ccccc23)N1. The van der Waals surface area contributed by atoms with E-state index in [2.05, 4.69) is 21.3 Å². The smallest absolute Gasteiger partial charge is 0.243 e. The second-order valence-electron chi connectivity index (χ2n) is 5.41. The Labute approximate surface area is 111 Å². The minimum absolute atomic E-state index is 0.0604. The quantitative estimate of drug-likeness (QED) is 0.894. The fourth-order valence-corrected chi connectivity index (χ4v) is 2.77. The average Bonchev–Trinajstić information content (AvgIpc) is 3.22. The van der Waals surface area contributed by atoms with E-state index in [0.29, 0.717) is 6.54 Å². The summed E-state index contributed by atoms with van der Waals surface area (Å²) in [5.41, 5.74) is 2.96. The summed E-state index contributed by atoms with van der Waals surface area (Å²) in [6.45, 7) is 1.44. The highest BCUT2D eigenvalue weighted by Crippen LogP contribution is 2.39. The first-order valence-electron chi connectivity index (χ1n) is 6.74. The molecule has 1 N–H and O–H groups in total. The summed E-state index contributed by atoms with van der Waals surface area (Å²) < 4.78 is 0. The highest BCUT2D eigenvalue weighted by atomic mass is 16.2. The molecular weight excluding hydrogens is 238 g/mol. The van der Waals surface area contributed by atoms with E-state index in [9.17, 15) is 4.79 Å². The van der Waals surface area contributed by atoms with Crippen LogP contribution in [-0.2, 0) is 4.79 Å². The Morgan fingerprint density at radius 2 is 2.16 bits per heavy atom. The number of para-hydroxylation sites is 1. The van der Waals surface area contributed by atoms with Gasteiger partial charge in [-0.25, -0.2) is 0 Å². The maximum Gasteiger partial charge on any atom is 0.243 e. The maximum atomic E-state index is 11.8. The first-order chi connectivity index (χ1) is 9.31. The lowest BCUT2D eigenvalue weighted by atomic mass is 10.1. The number of nitrogens with one attached hydrogen (secondary N) is 1. The van der Waals surface area contributed by atoms with Crippen molar-refractivity contribution in [3.8, 4) is 0 Å². The Morgan fingerprint density at radius 1 is 1.32 bits per heavy atom. The molecule has 2 heterocycles. The molecule has 2 aliphatic rings. The van der Waals surface area contributed by atoms with Crippen LogP contribution in [0.25, 0.3) is 10.9 Å². The van der Waals surface area contributed by atoms with Crippen molar-refractivity contribution in [2.75, 3.05) is 23.3 Å². The first-order valence-corrected chi connectivity index (χ1v) is 6.74. The summed E-state index contributed by atoms with van der Waals surface area (Å²) in [4.78, 5) is 18.4. The number of nitrogens with zero attached hydrogens (tertiary/aromatic N) is 2. The van der Waals surface area contributed by atoms with Crippen molar-refractivity contribution in [1.82, 2.24) is 4.98 Å². The van der Waals surface area contributed by atoms with Crippen LogP contribution in [0.1, 0.15) is 12.8 Å². The number of carbonyl (C=O) groups is 1. The summed E-state index contributed by atoms with van der Waals surface area (Å²) in [6.07, 6.45) is 4.35. The molecule has 19 heavy (non-hydrogen) atoms. The van der Waals surface area contributed by atoms with Crippen molar-refractivity contribution in [3.05, 3.63) is 30.5 Å². The van der Waals surface area contributed by atoms with Gasteiger partial charge in [-0.3, -0.25) is 9.78 Å². The van der Waals surface area contributed by atoms with Crippen molar-refractivity contribution in [1.29, 1.82) is 0 Å². The number of carbonyl (C=O) groups excluding carboxylic acids is 1. The fraction of sp³-hybridized carbons (Fsp3) is 0.333. The Morgan fingerprint density at radius 3 is 3.00 bits per heavy atom. The van der Waals surface area contributed by atoms with Gasteiger partial charge in [-0.15, -0.1) is 0 Å². The van der Waals surface area contributed by atoms with Gasteiger partial charge in [-0.05, 0) is 24.8 Å². The molecule has 4 nitrogen and oxygen atoms in total. The van der Waals surface area contributed by atoms with Crippen molar-refractivity contribution in [2.45, 2.75) is 12.8 Å². The number of anilines is 2. The number of benzene rings is 1. The second kappa shape index (κ2) is 3.95. The number of rotatable bonds is 2. The number of hydrogen-bond acceptors (Lipinski definition) is 3. The summed E-state index contributed by atoms with van der Waals surface area (Å²) in [6, 6.07) is 8.12. The van der Waals surface area contributed by atoms with Gasteiger partial charge >= 0.3 is 0 Å². The zero-order valence-electron chi connectivity index (χ0n) is 10.6. The molecule has 1 aliphatic carbocycles. The van der Waals surface area contributed by atoms with Crippen LogP contribution in [0.4, 0.5) is 11.4 Å². The lowest BCUT2D eigenvalue weighted by molar-refractivity contribution is -0.115. The largest absolute Gasteiger partial charge is 0.360 e. The van der Waals surface area contributed by atoms with Crippen molar-refractivity contribution in [3.63, 3.8) is 0 Å². The van der Waals surface area contributed by atoms with E-state index in [0.717, 1.165) is 34.7 Å². The molecule has 96 valence electrons. The molecule has 2 aromatic rings. The first kappa shape index (κ1) is 10.8. The highest BCUT2D eigenvalue weighted by Gasteiger charge is 2.30. The predicted octanol–water partition coefficient (Wildman–Crippen LogP) is 2.40. The molecule has 0 atom stereocenters. The van der Waals surface area contributed by atoms with E-state index in [1.807, 2.05) is 18.2 Å². The van der Waals surface area contributed by atoms with Gasteiger partial charge in [0, 0.05) is 11.9 Å². The molecule has 0 bridgehead atoms. The molecule has 1 aromatic carbocycles. The molecule has 4 heteroatoms. The van der Waals surface area contributed by atoms with Crippen LogP contribution in [0, 0.1) is 5.92 Å². The zero-order chi connectivity index (χ0) is 12.8. The van der Waals surface area contributed by atoms with Crippen LogP contribution < -0.4 is 10.2 Å². The standard InChI is InChI=1S/C15H15N3O/c19-14-9-18(8-10-5-6-10)15-11-3-1-2-4-12(11)16-7-13(15)17-14/h1-4,7,10H,5-6,8-9H2,(H,17,19). The Kier molecular flexibility index (Phi) is 2.24. The monoisotopic (exact) mass is 253 g/mol. The number of fused-ring (bicyclic) bond motifs is 3. The number of hydrogen-bond donors (Lipinski definition) is 1. The molecule has 0 unspecified atom stereocenters. The number of amides is 1. The van der Waals surface area contributed by atoms with Crippen LogP contribution in [0.5, 0.6) is 0 Å². The molecule has 1 aliphatic heterocycles. The van der Waals surface area contributed by atoms with E-state index in [1.165, 1.54) is 12.8 Å². The van der Waals surface area contributed by atoms with Gasteiger partial charge in [0.25, 0.3) is 0 Å². The molecule has 0 spiro atoms. The lowest BCUT2D eigenvalue weighted by Gasteiger charge is -2.31. The molecule has 1 amide bonds. The van der Waals surface area contributed by atoms with Crippen LogP contribution in [0.2, 0.25) is 0 Å². The van der Waals surface area contributed by atoms with Crippen molar-refractivity contribution >= 4 is 28.2 Å². The minimum Gasteiger partial charge on any atom is -0.360 e. The second-order valence-corrected chi connectivity index (χ2v) is 5.41. The molecule has 1 saturated carbocycles. The van der Waals surface area contributed by atoms with Crippen LogP contribution in [0.3, 0.4) is 0 Å². The van der Waals surface area contributed by atoms with Gasteiger partial charge in [-0.2, -0.15) is 0 Å². The average molecular weight is 253 g/mol. The summed E-state index contributed by atoms with van der Waals surface area (Å²) in [7, 11) is 0. The molecular formula is C15H15N3O. The fourth-order valence-electron chi connectivity index (χ4n) is 2.77. The van der Waals surface area contributed by atoms with Gasteiger partial charge < -0.3 is 10.2 Å². The van der Waals surface area contributed by atoms with E-state index in [4.69, 9.17) is 0 Å². The number of aromatic nitrogens is 1. The van der Waals surface area contributed by atoms with Crippen LogP contribution in [0.15, 0.2) is 30.5 Å². The maximum absolute atomic E-state index is 11.8. The molecule has 4 rings (SSSR count). The third-order valence-electron chi connectivity index (χ3n) is 3.85. The normalized spacial score (nSPS) is 18.3. The van der Waals surface area contributed by atoms with Crippen molar-refractivity contribution < 1.29 is 4.79 Å². The summed E-state index contributed by atoms with van der Waals surface area (Å²) >= 11 is 0. The molecule has 1 aromatic heterocycles. The van der Waals surface area contributed by atoms with E-state index in [1.54, 1.807) is 6.20 Å². The third-order valence-corrected chi connectivity index (χ3v) is 3.85. The number of pyridine rings is 1. The molecule has 0 radical (unpaired) electrons. The Hall–Kier alpha value is -2.10. The summed E-state index contributed by atoms with van der Waals surface area (Å²) in [5.74, 6) is 0.816. The lowest BCUT2D eigenvalue weighted by Crippen LogP contribution is -2.39. The predicted molar refractivity (Wildman–Crippen MR) is 75.3 cm³/mol. The van der Waals surface area contributed by atoms with Gasteiger partial charge in [0.1, 0.15) is 0 Å². The van der Waals surface area contributed by atoms with Gasteiger partial charge in [0.05, 0.1) is 29.6 Å². The van der Waals surface area contributed by atoms with Gasteiger partial charge in [-0.1, -0.05) is 18.2 Å². The Bertz CT molecular complexity index is 663. The van der Waals surface area contributed by atoms with Crippen LogP contribution in [-0.4, -0.2) is 24.0 Å². The van der Waals surface area contributed by atoms with E-state index in [-0.39, 0.29) is 5.91 Å².